The molecule has 118 valence electrons. The van der Waals surface area contributed by atoms with Crippen molar-refractivity contribution in [3.8, 4) is 17.6 Å². The summed E-state index contributed by atoms with van der Waals surface area (Å²) in [7, 11) is 0. The number of nitrogens with one attached hydrogen (secondary N) is 1. The van der Waals surface area contributed by atoms with Crippen LogP contribution in [-0.4, -0.2) is 16.7 Å². The first-order valence-electron chi connectivity index (χ1n) is 6.38. The van der Waals surface area contributed by atoms with Crippen molar-refractivity contribution in [3.05, 3.63) is 41.4 Å². The van der Waals surface area contributed by atoms with Crippen LogP contribution >= 0.6 is 0 Å². The van der Waals surface area contributed by atoms with E-state index in [2.05, 4.69) is 17.3 Å². The van der Waals surface area contributed by atoms with E-state index in [4.69, 9.17) is 21.4 Å². The summed E-state index contributed by atoms with van der Waals surface area (Å²) in [6.07, 6.45) is 0.0968. The van der Waals surface area contributed by atoms with Gasteiger partial charge in [-0.05, 0) is 32.0 Å². The van der Waals surface area contributed by atoms with Crippen LogP contribution in [0.15, 0.2) is 35.8 Å². The largest absolute Gasteiger partial charge is 0.476 e. The van der Waals surface area contributed by atoms with Gasteiger partial charge in [-0.3, -0.25) is 5.43 Å². The molecule has 0 unspecified atom stereocenters. The van der Waals surface area contributed by atoms with Crippen molar-refractivity contribution in [2.75, 3.05) is 0 Å². The standard InChI is InChI=1S/C15H18FN3O3/c1-15(2,16)8-4-6-10-5-3-7-11(9-10)22-13(19-18)12(17)14(20)21/h3,5,7,9,19H,8,17-18H2,1-2H3,(H,20,21)/b13-12+. The van der Waals surface area contributed by atoms with Gasteiger partial charge < -0.3 is 15.6 Å². The van der Waals surface area contributed by atoms with Gasteiger partial charge in [0.25, 0.3) is 0 Å². The molecular formula is C15H18FN3O3. The maximum absolute atomic E-state index is 13.3. The Morgan fingerprint density at radius 2 is 2.18 bits per heavy atom. The number of hydrogen-bond acceptors (Lipinski definition) is 5. The quantitative estimate of drug-likeness (QED) is 0.214. The van der Waals surface area contributed by atoms with Crippen LogP contribution in [0, 0.1) is 11.8 Å². The number of hydrazine groups is 1. The zero-order valence-electron chi connectivity index (χ0n) is 12.3. The molecule has 0 saturated carbocycles. The molecule has 0 aliphatic heterocycles. The van der Waals surface area contributed by atoms with E-state index in [1.165, 1.54) is 13.8 Å². The van der Waals surface area contributed by atoms with Crippen LogP contribution in [0.25, 0.3) is 0 Å². The Morgan fingerprint density at radius 1 is 1.50 bits per heavy atom. The van der Waals surface area contributed by atoms with Gasteiger partial charge in [-0.2, -0.15) is 0 Å². The van der Waals surface area contributed by atoms with Crippen LogP contribution < -0.4 is 21.7 Å². The lowest BCUT2D eigenvalue weighted by Crippen LogP contribution is -2.31. The van der Waals surface area contributed by atoms with Crippen molar-refractivity contribution in [2.24, 2.45) is 11.6 Å². The van der Waals surface area contributed by atoms with Crippen LogP contribution in [0.2, 0.25) is 0 Å². The third-order valence-corrected chi connectivity index (χ3v) is 2.40. The van der Waals surface area contributed by atoms with Gasteiger partial charge in [0.2, 0.25) is 5.88 Å². The number of ether oxygens (including phenoxy) is 1. The van der Waals surface area contributed by atoms with Gasteiger partial charge in [-0.25, -0.2) is 15.0 Å². The highest BCUT2D eigenvalue weighted by atomic mass is 19.1. The number of alkyl halides is 1. The van der Waals surface area contributed by atoms with Gasteiger partial charge in [0, 0.05) is 12.0 Å². The van der Waals surface area contributed by atoms with E-state index in [9.17, 15) is 9.18 Å². The van der Waals surface area contributed by atoms with Crippen LogP contribution in [0.1, 0.15) is 25.8 Å². The van der Waals surface area contributed by atoms with Gasteiger partial charge >= 0.3 is 5.97 Å². The van der Waals surface area contributed by atoms with E-state index in [0.717, 1.165) is 0 Å². The molecule has 6 N–H and O–H groups in total. The highest BCUT2D eigenvalue weighted by Gasteiger charge is 2.13. The van der Waals surface area contributed by atoms with Gasteiger partial charge in [-0.15, -0.1) is 0 Å². The first kappa shape index (κ1) is 17.3. The summed E-state index contributed by atoms with van der Waals surface area (Å²) in [5.41, 5.74) is 6.08. The van der Waals surface area contributed by atoms with Crippen molar-refractivity contribution < 1.29 is 19.0 Å². The maximum atomic E-state index is 13.3. The van der Waals surface area contributed by atoms with Crippen molar-refractivity contribution in [1.29, 1.82) is 0 Å². The average molecular weight is 307 g/mol. The fourth-order valence-corrected chi connectivity index (χ4v) is 1.37. The van der Waals surface area contributed by atoms with Gasteiger partial charge in [0.05, 0.1) is 0 Å². The molecule has 1 aromatic carbocycles. The number of aliphatic carboxylic acids is 1. The lowest BCUT2D eigenvalue weighted by molar-refractivity contribution is -0.132. The Labute approximate surface area is 127 Å². The Morgan fingerprint density at radius 3 is 2.73 bits per heavy atom. The fraction of sp³-hybridized carbons (Fsp3) is 0.267. The SMILES string of the molecule is CC(C)(F)CC#Cc1cccc(O/C(NN)=C(/N)C(=O)O)c1. The number of carboxylic acids is 1. The van der Waals surface area contributed by atoms with Crippen molar-refractivity contribution in [1.82, 2.24) is 5.43 Å². The summed E-state index contributed by atoms with van der Waals surface area (Å²) in [4.78, 5) is 10.8. The van der Waals surface area contributed by atoms with Gasteiger partial charge in [-0.1, -0.05) is 17.9 Å². The summed E-state index contributed by atoms with van der Waals surface area (Å²) < 4.78 is 18.6. The molecule has 0 amide bonds. The molecular weight excluding hydrogens is 289 g/mol. The highest BCUT2D eigenvalue weighted by Crippen LogP contribution is 2.16. The van der Waals surface area contributed by atoms with E-state index in [1.807, 2.05) is 0 Å². The number of hydrogen-bond donors (Lipinski definition) is 4. The molecule has 0 radical (unpaired) electrons. The van der Waals surface area contributed by atoms with Crippen LogP contribution in [-0.2, 0) is 4.79 Å². The highest BCUT2D eigenvalue weighted by molar-refractivity contribution is 5.85. The van der Waals surface area contributed by atoms with Crippen LogP contribution in [0.5, 0.6) is 5.75 Å². The second kappa shape index (κ2) is 7.33. The smallest absolute Gasteiger partial charge is 0.357 e. The molecule has 0 aliphatic carbocycles. The first-order valence-corrected chi connectivity index (χ1v) is 6.38. The predicted molar refractivity (Wildman–Crippen MR) is 79.9 cm³/mol. The minimum absolute atomic E-state index is 0.0968. The summed E-state index contributed by atoms with van der Waals surface area (Å²) in [6.45, 7) is 2.89. The second-order valence-electron chi connectivity index (χ2n) is 5.02. The molecule has 0 aliphatic rings. The Kier molecular flexibility index (Phi) is 5.78. The number of rotatable bonds is 5. The van der Waals surface area contributed by atoms with Crippen LogP contribution in [0.3, 0.4) is 0 Å². The number of carboxylic acid groups (broad SMARTS) is 1. The zero-order chi connectivity index (χ0) is 16.8. The fourth-order valence-electron chi connectivity index (χ4n) is 1.37. The van der Waals surface area contributed by atoms with E-state index in [1.54, 1.807) is 24.3 Å². The van der Waals surface area contributed by atoms with E-state index in [0.29, 0.717) is 11.3 Å². The molecule has 0 bridgehead atoms. The molecule has 0 spiro atoms. The summed E-state index contributed by atoms with van der Waals surface area (Å²) in [6, 6.07) is 6.51. The Hall–Kier alpha value is -2.72. The van der Waals surface area contributed by atoms with Gasteiger partial charge in [0.1, 0.15) is 11.4 Å². The molecule has 1 rings (SSSR count). The first-order chi connectivity index (χ1) is 10.2. The Balaban J connectivity index is 2.93. The van der Waals surface area contributed by atoms with E-state index < -0.39 is 17.3 Å². The Bertz CT molecular complexity index is 639. The molecule has 0 heterocycles. The van der Waals surface area contributed by atoms with Crippen molar-refractivity contribution >= 4 is 5.97 Å². The van der Waals surface area contributed by atoms with E-state index in [-0.39, 0.29) is 12.3 Å². The molecule has 0 saturated heterocycles. The molecule has 0 aromatic heterocycles. The predicted octanol–water partition coefficient (Wildman–Crippen LogP) is 1.23. The number of benzene rings is 1. The van der Waals surface area contributed by atoms with E-state index >= 15 is 0 Å². The van der Waals surface area contributed by atoms with Gasteiger partial charge in [0.15, 0.2) is 5.70 Å². The minimum Gasteiger partial charge on any atom is -0.476 e. The number of carbonyl (C=O) groups is 1. The topological polar surface area (TPSA) is 111 Å². The monoisotopic (exact) mass is 307 g/mol. The molecule has 0 atom stereocenters. The van der Waals surface area contributed by atoms with Crippen LogP contribution in [0.4, 0.5) is 4.39 Å². The molecule has 22 heavy (non-hydrogen) atoms. The maximum Gasteiger partial charge on any atom is 0.357 e. The number of halogens is 1. The second-order valence-corrected chi connectivity index (χ2v) is 5.02. The van der Waals surface area contributed by atoms with Crippen molar-refractivity contribution in [3.63, 3.8) is 0 Å². The third kappa shape index (κ3) is 5.73. The summed E-state index contributed by atoms with van der Waals surface area (Å²) >= 11 is 0. The summed E-state index contributed by atoms with van der Waals surface area (Å²) in [5, 5.41) is 8.79. The number of nitrogens with two attached hydrogens (primary N) is 2. The normalized spacial score (nSPS) is 11.8. The molecule has 1 aromatic rings. The lowest BCUT2D eigenvalue weighted by atomic mass is 10.1. The molecule has 0 fully saturated rings. The molecule has 6 nitrogen and oxygen atoms in total. The van der Waals surface area contributed by atoms with Crippen molar-refractivity contribution in [2.45, 2.75) is 25.9 Å². The summed E-state index contributed by atoms with van der Waals surface area (Å²) in [5.74, 6) is 9.34. The average Bonchev–Trinajstić information content (AvgIpc) is 2.43. The lowest BCUT2D eigenvalue weighted by Gasteiger charge is -2.10. The molecule has 7 heteroatoms. The zero-order valence-corrected chi connectivity index (χ0v) is 12.3. The minimum atomic E-state index is -1.37. The third-order valence-electron chi connectivity index (χ3n) is 2.40.